The molecule has 26 heavy (non-hydrogen) atoms. The molecule has 0 unspecified atom stereocenters. The molecule has 4 rings (SSSR count). The summed E-state index contributed by atoms with van der Waals surface area (Å²) in [5.74, 6) is 2.50. The lowest BCUT2D eigenvalue weighted by atomic mass is 9.99. The predicted octanol–water partition coefficient (Wildman–Crippen LogP) is 3.87. The summed E-state index contributed by atoms with van der Waals surface area (Å²) in [6.45, 7) is 1.87. The second-order valence-corrected chi connectivity index (χ2v) is 7.32. The Balaban J connectivity index is 0.00000196. The number of aryl methyl sites for hydroxylation is 1. The maximum atomic E-state index is 6.42. The standard InChI is InChI=1S/C17H19N5O2S.ClH/c1-11-9-12(21-23-11)10-25-15-13(5-4-8-19-15)14-20-16(22-24-14)17(18)6-2-3-7-17;/h4-5,8-9H,2-3,6-7,10,18H2,1H3;1H. The Morgan fingerprint density at radius 1 is 1.23 bits per heavy atom. The largest absolute Gasteiger partial charge is 0.361 e. The minimum absolute atomic E-state index is 0. The number of rotatable bonds is 5. The van der Waals surface area contributed by atoms with Gasteiger partial charge in [-0.3, -0.25) is 0 Å². The van der Waals surface area contributed by atoms with Crippen LogP contribution < -0.4 is 5.73 Å². The summed E-state index contributed by atoms with van der Waals surface area (Å²) in [4.78, 5) is 9.01. The molecular weight excluding hydrogens is 374 g/mol. The summed E-state index contributed by atoms with van der Waals surface area (Å²) >= 11 is 1.56. The van der Waals surface area contributed by atoms with Crippen molar-refractivity contribution >= 4 is 24.2 Å². The summed E-state index contributed by atoms with van der Waals surface area (Å²) in [7, 11) is 0. The highest BCUT2D eigenvalue weighted by Gasteiger charge is 2.36. The van der Waals surface area contributed by atoms with E-state index in [1.807, 2.05) is 25.1 Å². The van der Waals surface area contributed by atoms with Crippen LogP contribution >= 0.6 is 24.2 Å². The first-order chi connectivity index (χ1) is 12.1. The maximum Gasteiger partial charge on any atom is 0.260 e. The normalized spacial score (nSPS) is 15.8. The van der Waals surface area contributed by atoms with Crippen LogP contribution in [-0.4, -0.2) is 20.3 Å². The molecular formula is C17H20ClN5O2S. The van der Waals surface area contributed by atoms with Gasteiger partial charge in [-0.1, -0.05) is 34.9 Å². The number of nitrogens with zero attached hydrogens (tertiary/aromatic N) is 4. The topological polar surface area (TPSA) is 104 Å². The molecule has 1 saturated carbocycles. The van der Waals surface area contributed by atoms with E-state index >= 15 is 0 Å². The van der Waals surface area contributed by atoms with Crippen LogP contribution in [0.4, 0.5) is 0 Å². The highest BCUT2D eigenvalue weighted by molar-refractivity contribution is 7.98. The van der Waals surface area contributed by atoms with E-state index in [-0.39, 0.29) is 12.4 Å². The molecule has 3 aromatic heterocycles. The van der Waals surface area contributed by atoms with Crippen molar-refractivity contribution in [2.75, 3.05) is 0 Å². The van der Waals surface area contributed by atoms with Gasteiger partial charge >= 0.3 is 0 Å². The number of hydrogen-bond donors (Lipinski definition) is 1. The van der Waals surface area contributed by atoms with E-state index in [1.165, 1.54) is 0 Å². The van der Waals surface area contributed by atoms with Crippen molar-refractivity contribution in [3.63, 3.8) is 0 Å². The van der Waals surface area contributed by atoms with Gasteiger partial charge in [0.05, 0.1) is 16.8 Å². The smallest absolute Gasteiger partial charge is 0.260 e. The van der Waals surface area contributed by atoms with E-state index in [0.717, 1.165) is 47.7 Å². The SMILES string of the molecule is Cc1cc(CSc2ncccc2-c2nc(C3(N)CCCC3)no2)no1.Cl. The minimum atomic E-state index is -0.463. The zero-order valence-electron chi connectivity index (χ0n) is 14.3. The Morgan fingerprint density at radius 3 is 2.77 bits per heavy atom. The van der Waals surface area contributed by atoms with Crippen molar-refractivity contribution in [3.8, 4) is 11.5 Å². The molecule has 1 aliphatic rings. The van der Waals surface area contributed by atoms with Crippen molar-refractivity contribution < 1.29 is 9.05 Å². The highest BCUT2D eigenvalue weighted by atomic mass is 35.5. The van der Waals surface area contributed by atoms with Crippen molar-refractivity contribution in [1.29, 1.82) is 0 Å². The molecule has 0 aliphatic heterocycles. The molecule has 0 atom stereocenters. The predicted molar refractivity (Wildman–Crippen MR) is 99.9 cm³/mol. The van der Waals surface area contributed by atoms with Gasteiger partial charge in [-0.25, -0.2) is 4.98 Å². The van der Waals surface area contributed by atoms with Crippen LogP contribution in [0, 0.1) is 6.92 Å². The lowest BCUT2D eigenvalue weighted by molar-refractivity contribution is 0.372. The van der Waals surface area contributed by atoms with Gasteiger partial charge in [0.25, 0.3) is 5.89 Å². The van der Waals surface area contributed by atoms with Crippen molar-refractivity contribution in [2.24, 2.45) is 5.73 Å². The van der Waals surface area contributed by atoms with E-state index < -0.39 is 5.54 Å². The van der Waals surface area contributed by atoms with Crippen LogP contribution in [0.2, 0.25) is 0 Å². The van der Waals surface area contributed by atoms with Crippen LogP contribution in [-0.2, 0) is 11.3 Å². The van der Waals surface area contributed by atoms with Crippen LogP contribution in [0.1, 0.15) is 43.0 Å². The van der Waals surface area contributed by atoms with Gasteiger partial charge in [-0.15, -0.1) is 12.4 Å². The molecule has 7 nitrogen and oxygen atoms in total. The molecule has 0 radical (unpaired) electrons. The van der Waals surface area contributed by atoms with E-state index in [1.54, 1.807) is 18.0 Å². The summed E-state index contributed by atoms with van der Waals surface area (Å²) in [6.07, 6.45) is 5.74. The molecule has 0 amide bonds. The molecule has 138 valence electrons. The molecule has 9 heteroatoms. The highest BCUT2D eigenvalue weighted by Crippen LogP contribution is 2.36. The Kier molecular flexibility index (Phi) is 5.64. The van der Waals surface area contributed by atoms with E-state index in [4.69, 9.17) is 14.8 Å². The van der Waals surface area contributed by atoms with E-state index in [0.29, 0.717) is 17.5 Å². The van der Waals surface area contributed by atoms with Crippen LogP contribution in [0.15, 0.2) is 38.5 Å². The zero-order chi connectivity index (χ0) is 17.3. The van der Waals surface area contributed by atoms with Gasteiger partial charge in [-0.05, 0) is 31.9 Å². The second-order valence-electron chi connectivity index (χ2n) is 6.36. The first-order valence-electron chi connectivity index (χ1n) is 8.27. The Labute approximate surface area is 161 Å². The lowest BCUT2D eigenvalue weighted by Crippen LogP contribution is -2.34. The molecule has 2 N–H and O–H groups in total. The fourth-order valence-corrected chi connectivity index (χ4v) is 3.93. The van der Waals surface area contributed by atoms with Gasteiger partial charge in [0.1, 0.15) is 10.8 Å². The first kappa shape index (κ1) is 18.9. The van der Waals surface area contributed by atoms with Gasteiger partial charge in [0.2, 0.25) is 0 Å². The number of pyridine rings is 1. The molecule has 0 saturated heterocycles. The van der Waals surface area contributed by atoms with Crippen LogP contribution in [0.3, 0.4) is 0 Å². The fraction of sp³-hybridized carbons (Fsp3) is 0.412. The third-order valence-electron chi connectivity index (χ3n) is 4.40. The first-order valence-corrected chi connectivity index (χ1v) is 9.26. The number of nitrogens with two attached hydrogens (primary N) is 1. The molecule has 0 bridgehead atoms. The number of hydrogen-bond acceptors (Lipinski definition) is 8. The second kappa shape index (κ2) is 7.77. The van der Waals surface area contributed by atoms with Crippen LogP contribution in [0.25, 0.3) is 11.5 Å². The van der Waals surface area contributed by atoms with Crippen molar-refractivity contribution in [3.05, 3.63) is 41.7 Å². The molecule has 1 aliphatic carbocycles. The number of aromatic nitrogens is 4. The summed E-state index contributed by atoms with van der Waals surface area (Å²) in [5.41, 5.74) is 7.64. The number of halogens is 1. The summed E-state index contributed by atoms with van der Waals surface area (Å²) in [6, 6.07) is 5.70. The minimum Gasteiger partial charge on any atom is -0.361 e. The average molecular weight is 394 g/mol. The third kappa shape index (κ3) is 3.77. The van der Waals surface area contributed by atoms with Gasteiger partial charge in [0.15, 0.2) is 5.82 Å². The van der Waals surface area contributed by atoms with Gasteiger partial charge in [0, 0.05) is 18.0 Å². The van der Waals surface area contributed by atoms with Crippen molar-refractivity contribution in [1.82, 2.24) is 20.3 Å². The fourth-order valence-electron chi connectivity index (χ4n) is 3.06. The zero-order valence-corrected chi connectivity index (χ0v) is 16.0. The molecule has 1 fully saturated rings. The average Bonchev–Trinajstić information content (AvgIpc) is 3.35. The van der Waals surface area contributed by atoms with E-state index in [2.05, 4.69) is 20.3 Å². The third-order valence-corrected chi connectivity index (χ3v) is 5.44. The van der Waals surface area contributed by atoms with Gasteiger partial charge in [-0.2, -0.15) is 4.98 Å². The molecule has 0 spiro atoms. The molecule has 3 aromatic rings. The monoisotopic (exact) mass is 393 g/mol. The quantitative estimate of drug-likeness (QED) is 0.651. The Morgan fingerprint density at radius 2 is 2.04 bits per heavy atom. The lowest BCUT2D eigenvalue weighted by Gasteiger charge is -2.17. The van der Waals surface area contributed by atoms with Crippen molar-refractivity contribution in [2.45, 2.75) is 48.9 Å². The summed E-state index contributed by atoms with van der Waals surface area (Å²) < 4.78 is 10.6. The van der Waals surface area contributed by atoms with Gasteiger partial charge < -0.3 is 14.8 Å². The maximum absolute atomic E-state index is 6.42. The Bertz CT molecular complexity index is 875. The number of thioether (sulfide) groups is 1. The Hall–Kier alpha value is -1.90. The summed E-state index contributed by atoms with van der Waals surface area (Å²) in [5, 5.41) is 8.96. The molecule has 3 heterocycles. The van der Waals surface area contributed by atoms with Crippen LogP contribution in [0.5, 0.6) is 0 Å². The van der Waals surface area contributed by atoms with E-state index in [9.17, 15) is 0 Å². The molecule has 0 aromatic carbocycles.